The molecule has 0 N–H and O–H groups in total. The van der Waals surface area contributed by atoms with Crippen LogP contribution in [-0.2, 0) is 6.54 Å². The third-order valence-electron chi connectivity index (χ3n) is 2.25. The van der Waals surface area contributed by atoms with Crippen molar-refractivity contribution < 1.29 is 4.79 Å². The van der Waals surface area contributed by atoms with E-state index in [0.29, 0.717) is 5.56 Å². The number of carbonyl (C=O) groups is 1. The number of hydrogen-bond donors (Lipinski definition) is 0. The van der Waals surface area contributed by atoms with Crippen LogP contribution in [0.2, 0.25) is 0 Å². The first kappa shape index (κ1) is 10.8. The molecule has 1 aromatic rings. The predicted octanol–water partition coefficient (Wildman–Crippen LogP) is 1.38. The maximum Gasteiger partial charge on any atom is 0.257 e. The molecule has 1 rings (SSSR count). The fraction of sp³-hybridized carbons (Fsp3) is 0.600. The van der Waals surface area contributed by atoms with Crippen molar-refractivity contribution in [3.63, 3.8) is 0 Å². The Morgan fingerprint density at radius 1 is 1.43 bits per heavy atom. The van der Waals surface area contributed by atoms with Crippen molar-refractivity contribution in [3.8, 4) is 0 Å². The van der Waals surface area contributed by atoms with E-state index < -0.39 is 0 Å². The molecule has 1 heterocycles. The Kier molecular flexibility index (Phi) is 3.68. The Balaban J connectivity index is 2.77. The SMILES string of the molecule is CCN(CC)C(=O)c1cnn(CC)c1. The van der Waals surface area contributed by atoms with E-state index in [1.807, 2.05) is 20.8 Å². The van der Waals surface area contributed by atoms with E-state index in [1.54, 1.807) is 22.0 Å². The zero-order chi connectivity index (χ0) is 10.6. The lowest BCUT2D eigenvalue weighted by molar-refractivity contribution is 0.0773. The van der Waals surface area contributed by atoms with E-state index in [1.165, 1.54) is 0 Å². The Hall–Kier alpha value is -1.32. The highest BCUT2D eigenvalue weighted by Crippen LogP contribution is 2.03. The number of amides is 1. The summed E-state index contributed by atoms with van der Waals surface area (Å²) in [6.45, 7) is 8.24. The number of carbonyl (C=O) groups excluding carboxylic acids is 1. The summed E-state index contributed by atoms with van der Waals surface area (Å²) in [7, 11) is 0. The van der Waals surface area contributed by atoms with Crippen LogP contribution >= 0.6 is 0 Å². The molecule has 0 aliphatic carbocycles. The second kappa shape index (κ2) is 4.79. The maximum atomic E-state index is 11.8. The Labute approximate surface area is 84.5 Å². The van der Waals surface area contributed by atoms with Gasteiger partial charge in [-0.2, -0.15) is 5.10 Å². The minimum absolute atomic E-state index is 0.0645. The molecule has 0 spiro atoms. The van der Waals surface area contributed by atoms with Gasteiger partial charge in [-0.15, -0.1) is 0 Å². The number of nitrogens with zero attached hydrogens (tertiary/aromatic N) is 3. The van der Waals surface area contributed by atoms with Gasteiger partial charge in [0.15, 0.2) is 0 Å². The molecule has 0 aliphatic rings. The lowest BCUT2D eigenvalue weighted by Gasteiger charge is -2.17. The van der Waals surface area contributed by atoms with Gasteiger partial charge in [-0.05, 0) is 20.8 Å². The third kappa shape index (κ3) is 2.13. The standard InChI is InChI=1S/C10H17N3O/c1-4-12(5-2)10(14)9-7-11-13(6-3)8-9/h7-8H,4-6H2,1-3H3. The van der Waals surface area contributed by atoms with Crippen LogP contribution in [0.25, 0.3) is 0 Å². The van der Waals surface area contributed by atoms with Gasteiger partial charge in [0, 0.05) is 25.8 Å². The highest BCUT2D eigenvalue weighted by atomic mass is 16.2. The average molecular weight is 195 g/mol. The molecule has 4 heteroatoms. The monoisotopic (exact) mass is 195 g/mol. The lowest BCUT2D eigenvalue weighted by Crippen LogP contribution is -2.30. The van der Waals surface area contributed by atoms with E-state index in [2.05, 4.69) is 5.10 Å². The van der Waals surface area contributed by atoms with Crippen molar-refractivity contribution >= 4 is 5.91 Å². The molecule has 0 aromatic carbocycles. The van der Waals surface area contributed by atoms with Crippen LogP contribution in [0, 0.1) is 0 Å². The van der Waals surface area contributed by atoms with Gasteiger partial charge in [0.1, 0.15) is 0 Å². The second-order valence-corrected chi connectivity index (χ2v) is 3.06. The van der Waals surface area contributed by atoms with Crippen molar-refractivity contribution in [2.24, 2.45) is 0 Å². The number of hydrogen-bond acceptors (Lipinski definition) is 2. The molecule has 0 radical (unpaired) electrons. The molecule has 4 nitrogen and oxygen atoms in total. The summed E-state index contributed by atoms with van der Waals surface area (Å²) in [5, 5.41) is 4.08. The summed E-state index contributed by atoms with van der Waals surface area (Å²) in [6.07, 6.45) is 3.42. The molecule has 0 unspecified atom stereocenters. The van der Waals surface area contributed by atoms with Gasteiger partial charge in [0.2, 0.25) is 0 Å². The van der Waals surface area contributed by atoms with Gasteiger partial charge in [0.25, 0.3) is 5.91 Å². The molecule has 0 saturated carbocycles. The normalized spacial score (nSPS) is 10.2. The van der Waals surface area contributed by atoms with Gasteiger partial charge in [0.05, 0.1) is 11.8 Å². The summed E-state index contributed by atoms with van der Waals surface area (Å²) in [4.78, 5) is 13.6. The Morgan fingerprint density at radius 3 is 2.50 bits per heavy atom. The molecular weight excluding hydrogens is 178 g/mol. The first-order valence-corrected chi connectivity index (χ1v) is 5.04. The Morgan fingerprint density at radius 2 is 2.07 bits per heavy atom. The first-order chi connectivity index (χ1) is 6.72. The molecule has 78 valence electrons. The molecule has 0 aliphatic heterocycles. The molecule has 0 saturated heterocycles. The predicted molar refractivity (Wildman–Crippen MR) is 55.2 cm³/mol. The van der Waals surface area contributed by atoms with Gasteiger partial charge in [-0.1, -0.05) is 0 Å². The van der Waals surface area contributed by atoms with Crippen molar-refractivity contribution in [2.75, 3.05) is 13.1 Å². The number of rotatable bonds is 4. The van der Waals surface area contributed by atoms with Crippen LogP contribution in [0.15, 0.2) is 12.4 Å². The second-order valence-electron chi connectivity index (χ2n) is 3.06. The van der Waals surface area contributed by atoms with E-state index in [-0.39, 0.29) is 5.91 Å². The Bertz CT molecular complexity index is 302. The highest BCUT2D eigenvalue weighted by Gasteiger charge is 2.13. The summed E-state index contributed by atoms with van der Waals surface area (Å²) in [5.74, 6) is 0.0645. The maximum absolute atomic E-state index is 11.8. The van der Waals surface area contributed by atoms with Crippen LogP contribution in [0.4, 0.5) is 0 Å². The first-order valence-electron chi connectivity index (χ1n) is 5.04. The van der Waals surface area contributed by atoms with Crippen LogP contribution in [-0.4, -0.2) is 33.7 Å². The minimum Gasteiger partial charge on any atom is -0.339 e. The highest BCUT2D eigenvalue weighted by molar-refractivity contribution is 5.93. The van der Waals surface area contributed by atoms with E-state index >= 15 is 0 Å². The summed E-state index contributed by atoms with van der Waals surface area (Å²) < 4.78 is 1.76. The van der Waals surface area contributed by atoms with Crippen molar-refractivity contribution in [1.82, 2.24) is 14.7 Å². The van der Waals surface area contributed by atoms with Crippen LogP contribution in [0.3, 0.4) is 0 Å². The van der Waals surface area contributed by atoms with Crippen LogP contribution < -0.4 is 0 Å². The van der Waals surface area contributed by atoms with Crippen molar-refractivity contribution in [3.05, 3.63) is 18.0 Å². The molecular formula is C10H17N3O. The topological polar surface area (TPSA) is 38.1 Å². The van der Waals surface area contributed by atoms with Crippen molar-refractivity contribution in [2.45, 2.75) is 27.3 Å². The van der Waals surface area contributed by atoms with Crippen molar-refractivity contribution in [1.29, 1.82) is 0 Å². The summed E-state index contributed by atoms with van der Waals surface area (Å²) in [6, 6.07) is 0. The average Bonchev–Trinajstić information content (AvgIpc) is 2.67. The van der Waals surface area contributed by atoms with E-state index in [4.69, 9.17) is 0 Å². The summed E-state index contributed by atoms with van der Waals surface area (Å²) >= 11 is 0. The zero-order valence-electron chi connectivity index (χ0n) is 9.03. The van der Waals surface area contributed by atoms with E-state index in [0.717, 1.165) is 19.6 Å². The van der Waals surface area contributed by atoms with E-state index in [9.17, 15) is 4.79 Å². The number of aromatic nitrogens is 2. The van der Waals surface area contributed by atoms with Gasteiger partial charge >= 0.3 is 0 Å². The zero-order valence-corrected chi connectivity index (χ0v) is 9.03. The quantitative estimate of drug-likeness (QED) is 0.728. The fourth-order valence-corrected chi connectivity index (χ4v) is 1.34. The van der Waals surface area contributed by atoms with Gasteiger partial charge in [-0.3, -0.25) is 9.48 Å². The lowest BCUT2D eigenvalue weighted by atomic mass is 10.3. The largest absolute Gasteiger partial charge is 0.339 e. The number of aryl methyl sites for hydroxylation is 1. The van der Waals surface area contributed by atoms with Crippen LogP contribution in [0.5, 0.6) is 0 Å². The fourth-order valence-electron chi connectivity index (χ4n) is 1.34. The van der Waals surface area contributed by atoms with Crippen LogP contribution in [0.1, 0.15) is 31.1 Å². The van der Waals surface area contributed by atoms with Gasteiger partial charge < -0.3 is 4.90 Å². The molecule has 1 amide bonds. The van der Waals surface area contributed by atoms with Gasteiger partial charge in [-0.25, -0.2) is 0 Å². The molecule has 0 fully saturated rings. The molecule has 0 atom stereocenters. The summed E-state index contributed by atoms with van der Waals surface area (Å²) in [5.41, 5.74) is 0.676. The molecule has 0 bridgehead atoms. The molecule has 14 heavy (non-hydrogen) atoms. The minimum atomic E-state index is 0.0645. The smallest absolute Gasteiger partial charge is 0.257 e. The molecule has 1 aromatic heterocycles. The third-order valence-corrected chi connectivity index (χ3v) is 2.25.